The van der Waals surface area contributed by atoms with E-state index in [1.54, 1.807) is 6.92 Å². The molecule has 27 heavy (non-hydrogen) atoms. The maximum atomic E-state index is 13.2. The number of rotatable bonds is 6. The van der Waals surface area contributed by atoms with Crippen LogP contribution in [0.15, 0.2) is 28.7 Å². The number of amides is 1. The minimum atomic E-state index is -0.597. The van der Waals surface area contributed by atoms with E-state index in [9.17, 15) is 14.4 Å². The number of aryl methyl sites for hydroxylation is 1. The second-order valence-electron chi connectivity index (χ2n) is 6.80. The molecule has 144 valence electrons. The van der Waals surface area contributed by atoms with Gasteiger partial charge in [0.1, 0.15) is 23.8 Å². The van der Waals surface area contributed by atoms with E-state index in [2.05, 4.69) is 5.32 Å². The molecule has 0 saturated carbocycles. The molecule has 1 saturated heterocycles. The molecule has 0 spiro atoms. The summed E-state index contributed by atoms with van der Waals surface area (Å²) < 4.78 is 23.8. The van der Waals surface area contributed by atoms with Gasteiger partial charge in [0.25, 0.3) is 5.91 Å². The highest BCUT2D eigenvalue weighted by Crippen LogP contribution is 2.19. The van der Waals surface area contributed by atoms with Crippen molar-refractivity contribution in [1.82, 2.24) is 5.32 Å². The van der Waals surface area contributed by atoms with Crippen LogP contribution in [0.2, 0.25) is 5.02 Å². The van der Waals surface area contributed by atoms with Crippen LogP contribution in [0.4, 0.5) is 10.1 Å². The molecule has 1 aromatic carbocycles. The Morgan fingerprint density at radius 1 is 1.44 bits per heavy atom. The van der Waals surface area contributed by atoms with E-state index in [4.69, 9.17) is 26.2 Å². The van der Waals surface area contributed by atoms with Crippen molar-refractivity contribution in [3.05, 3.63) is 57.4 Å². The smallest absolute Gasteiger partial charge is 0.273 e. The third kappa shape index (κ3) is 4.19. The summed E-state index contributed by atoms with van der Waals surface area (Å²) in [5, 5.41) is 22.8. The fourth-order valence-corrected chi connectivity index (χ4v) is 2.87. The Hall–Kier alpha value is -2.26. The van der Waals surface area contributed by atoms with E-state index in [1.807, 2.05) is 6.92 Å². The summed E-state index contributed by atoms with van der Waals surface area (Å²) in [6.45, 7) is 4.24. The summed E-state index contributed by atoms with van der Waals surface area (Å²) in [5.41, 5.74) is 0.0151. The minimum Gasteiger partial charge on any atom is -0.629 e. The lowest BCUT2D eigenvalue weighted by atomic mass is 10.0. The number of quaternary nitrogens is 1. The van der Waals surface area contributed by atoms with E-state index >= 15 is 0 Å². The summed E-state index contributed by atoms with van der Waals surface area (Å²) in [6.07, 6.45) is 0. The summed E-state index contributed by atoms with van der Waals surface area (Å²) in [5.74, 6) is -0.658. The lowest BCUT2D eigenvalue weighted by Gasteiger charge is -2.38. The first-order chi connectivity index (χ1) is 12.7. The van der Waals surface area contributed by atoms with Crippen molar-refractivity contribution in [2.24, 2.45) is 0 Å². The molecular weight excluding hydrogens is 377 g/mol. The fraction of sp³-hybridized carbons (Fsp3) is 0.333. The molecule has 0 bridgehead atoms. The topological polar surface area (TPSA) is 103 Å². The molecule has 9 heteroatoms. The van der Waals surface area contributed by atoms with Crippen LogP contribution in [0.3, 0.4) is 0 Å². The van der Waals surface area contributed by atoms with E-state index in [0.29, 0.717) is 24.5 Å². The Balaban J connectivity index is 1.70. The van der Waals surface area contributed by atoms with Gasteiger partial charge in [-0.25, -0.2) is 4.39 Å². The lowest BCUT2D eigenvalue weighted by Crippen LogP contribution is -3.00. The molecule has 1 aliphatic rings. The van der Waals surface area contributed by atoms with Crippen molar-refractivity contribution in [3.8, 4) is 0 Å². The maximum Gasteiger partial charge on any atom is 0.273 e. The molecule has 1 unspecified atom stereocenters. The number of hydrogen-bond acceptors (Lipinski definition) is 5. The van der Waals surface area contributed by atoms with Gasteiger partial charge in [-0.05, 0) is 26.0 Å². The van der Waals surface area contributed by atoms with E-state index in [-0.39, 0.29) is 33.8 Å². The molecule has 1 aromatic heterocycles. The first-order valence-electron chi connectivity index (χ1n) is 8.25. The van der Waals surface area contributed by atoms with Crippen LogP contribution >= 0.6 is 11.6 Å². The largest absolute Gasteiger partial charge is 0.629 e. The maximum absolute atomic E-state index is 13.2. The predicted molar refractivity (Wildman–Crippen MR) is 96.7 cm³/mol. The Morgan fingerprint density at radius 2 is 2.15 bits per heavy atom. The Kier molecular flexibility index (Phi) is 5.34. The van der Waals surface area contributed by atoms with Crippen molar-refractivity contribution in [3.63, 3.8) is 0 Å². The first kappa shape index (κ1) is 19.5. The number of benzene rings is 1. The summed E-state index contributed by atoms with van der Waals surface area (Å²) in [6, 6.07) is 5.26. The third-order valence-electron chi connectivity index (χ3n) is 4.34. The van der Waals surface area contributed by atoms with Crippen molar-refractivity contribution in [1.29, 1.82) is 5.41 Å². The number of halogens is 2. The Bertz CT molecular complexity index is 895. The zero-order valence-corrected chi connectivity index (χ0v) is 15.6. The van der Waals surface area contributed by atoms with Crippen molar-refractivity contribution >= 4 is 28.9 Å². The molecule has 0 aliphatic carbocycles. The number of nitrogens with one attached hydrogen (secondary N) is 3. The summed E-state index contributed by atoms with van der Waals surface area (Å²) in [4.78, 5) is 12.2. The standard InChI is InChI=1S/C18H19ClFN3O4/c1-10-11(7-23(25)12-3-4-14(20)13(19)6-12)5-15(27-10)16(21)17(24)22-18(2)8-26-9-18/h3-6,21,23H,7-9H2,1-2H3,(H,22,24). The zero-order valence-electron chi connectivity index (χ0n) is 14.8. The SMILES string of the molecule is Cc1oc(C(=N)C(=O)NC2(C)COC2)cc1C[NH+]([O-])c1ccc(F)c(Cl)c1. The number of carbonyl (C=O) groups is 1. The van der Waals surface area contributed by atoms with Gasteiger partial charge in [0.2, 0.25) is 0 Å². The van der Waals surface area contributed by atoms with Gasteiger partial charge >= 0.3 is 0 Å². The number of hydroxylamine groups is 1. The Labute approximate surface area is 160 Å². The summed E-state index contributed by atoms with van der Waals surface area (Å²) in [7, 11) is 0. The van der Waals surface area contributed by atoms with Crippen LogP contribution in [0.25, 0.3) is 0 Å². The number of hydrogen-bond donors (Lipinski definition) is 3. The van der Waals surface area contributed by atoms with Crippen LogP contribution in [-0.4, -0.2) is 30.4 Å². The quantitative estimate of drug-likeness (QED) is 0.513. The van der Waals surface area contributed by atoms with Crippen LogP contribution in [0, 0.1) is 23.4 Å². The molecule has 1 aliphatic heterocycles. The molecule has 3 N–H and O–H groups in total. The minimum absolute atomic E-state index is 0.0161. The first-order valence-corrected chi connectivity index (χ1v) is 8.63. The number of furan rings is 1. The molecule has 2 aromatic rings. The van der Waals surface area contributed by atoms with Crippen LogP contribution < -0.4 is 10.4 Å². The second kappa shape index (κ2) is 7.40. The lowest BCUT2D eigenvalue weighted by molar-refractivity contribution is -0.791. The van der Waals surface area contributed by atoms with Crippen molar-refractivity contribution in [2.75, 3.05) is 13.2 Å². The van der Waals surface area contributed by atoms with Gasteiger partial charge in [-0.15, -0.1) is 0 Å². The fourth-order valence-electron chi connectivity index (χ4n) is 2.69. The highest BCUT2D eigenvalue weighted by atomic mass is 35.5. The van der Waals surface area contributed by atoms with Gasteiger partial charge in [0.15, 0.2) is 11.5 Å². The van der Waals surface area contributed by atoms with Gasteiger partial charge in [0, 0.05) is 17.7 Å². The van der Waals surface area contributed by atoms with Crippen LogP contribution in [0.1, 0.15) is 24.0 Å². The van der Waals surface area contributed by atoms with Gasteiger partial charge in [-0.1, -0.05) is 11.6 Å². The van der Waals surface area contributed by atoms with E-state index in [1.165, 1.54) is 18.2 Å². The molecule has 1 amide bonds. The summed E-state index contributed by atoms with van der Waals surface area (Å²) >= 11 is 5.71. The zero-order chi connectivity index (χ0) is 19.8. The molecule has 1 atom stereocenters. The number of carbonyl (C=O) groups excluding carboxylic acids is 1. The molecular formula is C18H19ClFN3O4. The highest BCUT2D eigenvalue weighted by Gasteiger charge is 2.36. The molecule has 7 nitrogen and oxygen atoms in total. The predicted octanol–water partition coefficient (Wildman–Crippen LogP) is 1.87. The van der Waals surface area contributed by atoms with Crippen molar-refractivity contribution in [2.45, 2.75) is 25.9 Å². The molecule has 1 fully saturated rings. The van der Waals surface area contributed by atoms with Gasteiger partial charge in [-0.2, -0.15) is 0 Å². The van der Waals surface area contributed by atoms with Gasteiger partial charge < -0.3 is 24.7 Å². The highest BCUT2D eigenvalue weighted by molar-refractivity contribution is 6.43. The average molecular weight is 396 g/mol. The van der Waals surface area contributed by atoms with Crippen LogP contribution in [0.5, 0.6) is 0 Å². The molecule has 3 rings (SSSR count). The van der Waals surface area contributed by atoms with Crippen LogP contribution in [-0.2, 0) is 16.1 Å². The average Bonchev–Trinajstić information content (AvgIpc) is 2.95. The third-order valence-corrected chi connectivity index (χ3v) is 4.63. The normalized spacial score (nSPS) is 16.5. The van der Waals surface area contributed by atoms with E-state index in [0.717, 1.165) is 6.07 Å². The van der Waals surface area contributed by atoms with Crippen molar-refractivity contribution < 1.29 is 23.4 Å². The Morgan fingerprint density at radius 3 is 2.74 bits per heavy atom. The second-order valence-corrected chi connectivity index (χ2v) is 7.21. The van der Waals surface area contributed by atoms with E-state index < -0.39 is 17.3 Å². The molecule has 2 heterocycles. The van der Waals surface area contributed by atoms with Gasteiger partial charge in [0.05, 0.1) is 23.8 Å². The number of ether oxygens (including phenoxy) is 1. The monoisotopic (exact) mass is 395 g/mol. The van der Waals surface area contributed by atoms with Gasteiger partial charge in [-0.3, -0.25) is 10.2 Å². The molecule has 0 radical (unpaired) electrons.